The molecule has 156 valence electrons. The number of nitrogens with zero attached hydrogens (tertiary/aromatic N) is 2. The summed E-state index contributed by atoms with van der Waals surface area (Å²) in [5.41, 5.74) is 1.50. The number of para-hydroxylation sites is 1. The summed E-state index contributed by atoms with van der Waals surface area (Å²) in [5, 5.41) is 4.17. The number of amides is 1. The number of fused-ring (bicyclic) bond motifs is 1. The molecule has 1 atom stereocenters. The lowest BCUT2D eigenvalue weighted by Gasteiger charge is -2.15. The zero-order valence-corrected chi connectivity index (χ0v) is 17.9. The second-order valence-electron chi connectivity index (χ2n) is 7.63. The maximum atomic E-state index is 13.2. The lowest BCUT2D eigenvalue weighted by atomic mass is 10.2. The molecule has 1 saturated carbocycles. The van der Waals surface area contributed by atoms with Crippen molar-refractivity contribution in [2.45, 2.75) is 37.5 Å². The number of thioether (sulfide) groups is 1. The maximum absolute atomic E-state index is 13.2. The van der Waals surface area contributed by atoms with Gasteiger partial charge in [0.1, 0.15) is 5.75 Å². The van der Waals surface area contributed by atoms with Crippen molar-refractivity contribution in [2.24, 2.45) is 5.92 Å². The van der Waals surface area contributed by atoms with Crippen LogP contribution in [0.25, 0.3) is 10.9 Å². The molecule has 7 heteroatoms. The molecule has 30 heavy (non-hydrogen) atoms. The molecular formula is C23H25N3O3S. The number of ether oxygens (including phenoxy) is 1. The van der Waals surface area contributed by atoms with E-state index in [0.29, 0.717) is 28.5 Å². The van der Waals surface area contributed by atoms with Crippen molar-refractivity contribution in [1.82, 2.24) is 14.9 Å². The van der Waals surface area contributed by atoms with Crippen LogP contribution in [0.15, 0.2) is 58.5 Å². The topological polar surface area (TPSA) is 73.2 Å². The lowest BCUT2D eigenvalue weighted by molar-refractivity contribution is -0.119. The lowest BCUT2D eigenvalue weighted by Crippen LogP contribution is -2.35. The van der Waals surface area contributed by atoms with Gasteiger partial charge in [-0.3, -0.25) is 14.2 Å². The van der Waals surface area contributed by atoms with Crippen molar-refractivity contribution in [3.05, 3.63) is 64.4 Å². The van der Waals surface area contributed by atoms with Crippen LogP contribution in [0.3, 0.4) is 0 Å². The molecule has 0 radical (unpaired) electrons. The fourth-order valence-corrected chi connectivity index (χ4v) is 4.26. The summed E-state index contributed by atoms with van der Waals surface area (Å²) in [6.07, 6.45) is 2.37. The number of benzene rings is 2. The van der Waals surface area contributed by atoms with Crippen LogP contribution in [0.2, 0.25) is 0 Å². The first-order valence-corrected chi connectivity index (χ1v) is 11.1. The van der Waals surface area contributed by atoms with E-state index in [0.717, 1.165) is 11.3 Å². The van der Waals surface area contributed by atoms with Gasteiger partial charge in [0.05, 0.1) is 30.3 Å². The minimum absolute atomic E-state index is 0.0298. The zero-order chi connectivity index (χ0) is 21.1. The number of carbonyl (C=O) groups excluding carboxylic acids is 1. The summed E-state index contributed by atoms with van der Waals surface area (Å²) in [6.45, 7) is 2.43. The highest BCUT2D eigenvalue weighted by Crippen LogP contribution is 2.32. The van der Waals surface area contributed by atoms with Gasteiger partial charge in [-0.05, 0) is 55.5 Å². The number of rotatable bonds is 8. The minimum Gasteiger partial charge on any atom is -0.497 e. The van der Waals surface area contributed by atoms with Crippen LogP contribution in [-0.2, 0) is 11.3 Å². The smallest absolute Gasteiger partial charge is 0.262 e. The summed E-state index contributed by atoms with van der Waals surface area (Å²) in [6, 6.07) is 15.1. The van der Waals surface area contributed by atoms with E-state index in [2.05, 4.69) is 10.3 Å². The van der Waals surface area contributed by atoms with Gasteiger partial charge in [-0.25, -0.2) is 4.98 Å². The first kappa shape index (κ1) is 20.5. The van der Waals surface area contributed by atoms with Crippen molar-refractivity contribution in [2.75, 3.05) is 12.9 Å². The number of methoxy groups -OCH3 is 1. The van der Waals surface area contributed by atoms with Crippen LogP contribution in [-0.4, -0.2) is 34.4 Å². The molecule has 1 heterocycles. The molecule has 0 saturated heterocycles. The Balaban J connectivity index is 1.60. The molecule has 6 nitrogen and oxygen atoms in total. The first-order valence-electron chi connectivity index (χ1n) is 10.1. The molecule has 1 aliphatic carbocycles. The quantitative estimate of drug-likeness (QED) is 0.444. The van der Waals surface area contributed by atoms with Gasteiger partial charge in [-0.15, -0.1) is 0 Å². The molecule has 0 aliphatic heterocycles. The molecular weight excluding hydrogens is 398 g/mol. The van der Waals surface area contributed by atoms with Crippen LogP contribution in [0, 0.1) is 5.92 Å². The number of aromatic nitrogens is 2. The highest BCUT2D eigenvalue weighted by molar-refractivity contribution is 7.99. The summed E-state index contributed by atoms with van der Waals surface area (Å²) in [5.74, 6) is 1.56. The summed E-state index contributed by atoms with van der Waals surface area (Å²) in [7, 11) is 1.62. The van der Waals surface area contributed by atoms with E-state index in [1.807, 2.05) is 49.4 Å². The predicted molar refractivity (Wildman–Crippen MR) is 119 cm³/mol. The number of hydrogen-bond donors (Lipinski definition) is 1. The molecule has 1 amide bonds. The Morgan fingerprint density at radius 1 is 1.23 bits per heavy atom. The summed E-state index contributed by atoms with van der Waals surface area (Å²) in [4.78, 5) is 30.3. The second kappa shape index (κ2) is 8.92. The molecule has 0 unspecified atom stereocenters. The maximum Gasteiger partial charge on any atom is 0.262 e. The largest absolute Gasteiger partial charge is 0.497 e. The molecule has 3 aromatic rings. The highest BCUT2D eigenvalue weighted by Gasteiger charge is 2.28. The van der Waals surface area contributed by atoms with Gasteiger partial charge in [0.2, 0.25) is 5.91 Å². The molecule has 0 bridgehead atoms. The molecule has 1 N–H and O–H groups in total. The Kier molecular flexibility index (Phi) is 6.08. The SMILES string of the molecule is COc1ccc(Cn2c(SCC(=O)N[C@H](C)C3CC3)nc3ccccc3c2=O)cc1. The minimum atomic E-state index is -0.106. The Labute approximate surface area is 179 Å². The molecule has 1 fully saturated rings. The van der Waals surface area contributed by atoms with Gasteiger partial charge >= 0.3 is 0 Å². The third-order valence-electron chi connectivity index (χ3n) is 5.38. The Morgan fingerprint density at radius 3 is 2.67 bits per heavy atom. The standard InChI is InChI=1S/C23H25N3O3S/c1-15(17-9-10-17)24-21(27)14-30-23-25-20-6-4-3-5-19(20)22(28)26(23)13-16-7-11-18(29-2)12-8-16/h3-8,11-12,15,17H,9-10,13-14H2,1-2H3,(H,24,27)/t15-/m1/s1. The molecule has 0 spiro atoms. The van der Waals surface area contributed by atoms with E-state index in [-0.39, 0.29) is 23.3 Å². The van der Waals surface area contributed by atoms with Crippen molar-refractivity contribution < 1.29 is 9.53 Å². The van der Waals surface area contributed by atoms with E-state index in [4.69, 9.17) is 4.74 Å². The van der Waals surface area contributed by atoms with Crippen LogP contribution >= 0.6 is 11.8 Å². The van der Waals surface area contributed by atoms with E-state index in [9.17, 15) is 9.59 Å². The van der Waals surface area contributed by atoms with Crippen molar-refractivity contribution in [1.29, 1.82) is 0 Å². The summed E-state index contributed by atoms with van der Waals surface area (Å²) >= 11 is 1.30. The van der Waals surface area contributed by atoms with Crippen LogP contribution in [0.5, 0.6) is 5.75 Å². The van der Waals surface area contributed by atoms with E-state index < -0.39 is 0 Å². The van der Waals surface area contributed by atoms with E-state index >= 15 is 0 Å². The predicted octanol–water partition coefficient (Wildman–Crippen LogP) is 3.46. The van der Waals surface area contributed by atoms with Crippen molar-refractivity contribution >= 4 is 28.6 Å². The Morgan fingerprint density at radius 2 is 1.97 bits per heavy atom. The number of carbonyl (C=O) groups is 1. The summed E-state index contributed by atoms with van der Waals surface area (Å²) < 4.78 is 6.86. The average molecular weight is 424 g/mol. The first-order chi connectivity index (χ1) is 14.5. The van der Waals surface area contributed by atoms with Gasteiger partial charge in [-0.1, -0.05) is 36.0 Å². The number of hydrogen-bond acceptors (Lipinski definition) is 5. The third-order valence-corrected chi connectivity index (χ3v) is 6.35. The average Bonchev–Trinajstić information content (AvgIpc) is 3.60. The van der Waals surface area contributed by atoms with E-state index in [1.54, 1.807) is 17.7 Å². The monoisotopic (exact) mass is 423 g/mol. The Bertz CT molecular complexity index is 1110. The van der Waals surface area contributed by atoms with E-state index in [1.165, 1.54) is 24.6 Å². The fourth-order valence-electron chi connectivity index (χ4n) is 3.45. The third kappa shape index (κ3) is 4.67. The van der Waals surface area contributed by atoms with Gasteiger partial charge in [0.15, 0.2) is 5.16 Å². The van der Waals surface area contributed by atoms with Gasteiger partial charge < -0.3 is 10.1 Å². The number of nitrogens with one attached hydrogen (secondary N) is 1. The molecule has 1 aliphatic rings. The van der Waals surface area contributed by atoms with Gasteiger partial charge in [0.25, 0.3) is 5.56 Å². The fraction of sp³-hybridized carbons (Fsp3) is 0.348. The molecule has 1 aromatic heterocycles. The van der Waals surface area contributed by atoms with Crippen LogP contribution in [0.1, 0.15) is 25.3 Å². The highest BCUT2D eigenvalue weighted by atomic mass is 32.2. The zero-order valence-electron chi connectivity index (χ0n) is 17.1. The second-order valence-corrected chi connectivity index (χ2v) is 8.58. The van der Waals surface area contributed by atoms with Crippen LogP contribution in [0.4, 0.5) is 0 Å². The Hall–Kier alpha value is -2.80. The molecule has 4 rings (SSSR count). The van der Waals surface area contributed by atoms with Crippen molar-refractivity contribution in [3.8, 4) is 5.75 Å². The van der Waals surface area contributed by atoms with Gasteiger partial charge in [-0.2, -0.15) is 0 Å². The normalized spacial score (nSPS) is 14.5. The molecule has 2 aromatic carbocycles. The van der Waals surface area contributed by atoms with Gasteiger partial charge in [0, 0.05) is 6.04 Å². The van der Waals surface area contributed by atoms with Crippen molar-refractivity contribution in [3.63, 3.8) is 0 Å². The van der Waals surface area contributed by atoms with Crippen LogP contribution < -0.4 is 15.6 Å².